The fourth-order valence-electron chi connectivity index (χ4n) is 3.39. The fourth-order valence-corrected chi connectivity index (χ4v) is 3.58. The van der Waals surface area contributed by atoms with Crippen LogP contribution in [0.3, 0.4) is 0 Å². The van der Waals surface area contributed by atoms with Gasteiger partial charge in [0.25, 0.3) is 0 Å². The van der Waals surface area contributed by atoms with Crippen LogP contribution < -0.4 is 0 Å². The van der Waals surface area contributed by atoms with E-state index in [9.17, 15) is 14.3 Å². The molecule has 0 saturated carbocycles. The number of hydrogen-bond acceptors (Lipinski definition) is 3. The van der Waals surface area contributed by atoms with E-state index < -0.39 is 5.82 Å². The molecule has 1 aliphatic rings. The number of benzene rings is 2. The molecule has 0 spiro atoms. The van der Waals surface area contributed by atoms with E-state index in [1.54, 1.807) is 36.4 Å². The van der Waals surface area contributed by atoms with Crippen molar-refractivity contribution in [2.75, 3.05) is 13.1 Å². The largest absolute Gasteiger partial charge is 0.508 e. The SMILES string of the molecule is CC(c1ccc(F)c(Cl)c1)N1CCC(C(=O)c2ccc(O)cc2)CC1. The summed E-state index contributed by atoms with van der Waals surface area (Å²) in [4.78, 5) is 14.9. The molecule has 1 atom stereocenters. The van der Waals surface area contributed by atoms with Crippen molar-refractivity contribution in [3.05, 3.63) is 64.4 Å². The zero-order chi connectivity index (χ0) is 18.0. The molecule has 2 aromatic rings. The van der Waals surface area contributed by atoms with Crippen molar-refractivity contribution in [1.29, 1.82) is 0 Å². The van der Waals surface area contributed by atoms with Crippen molar-refractivity contribution in [3.63, 3.8) is 0 Å². The maximum Gasteiger partial charge on any atom is 0.166 e. The van der Waals surface area contributed by atoms with E-state index in [4.69, 9.17) is 11.6 Å². The molecule has 5 heteroatoms. The molecule has 3 rings (SSSR count). The number of phenols is 1. The molecule has 3 nitrogen and oxygen atoms in total. The summed E-state index contributed by atoms with van der Waals surface area (Å²) in [6, 6.07) is 11.4. The molecule has 1 N–H and O–H groups in total. The summed E-state index contributed by atoms with van der Waals surface area (Å²) in [5.74, 6) is -0.101. The average Bonchev–Trinajstić information content (AvgIpc) is 2.63. The van der Waals surface area contributed by atoms with E-state index in [0.29, 0.717) is 5.56 Å². The highest BCUT2D eigenvalue weighted by atomic mass is 35.5. The second-order valence-corrected chi connectivity index (χ2v) is 6.98. The molecule has 0 radical (unpaired) electrons. The van der Waals surface area contributed by atoms with Gasteiger partial charge in [0.05, 0.1) is 5.02 Å². The number of aromatic hydroxyl groups is 1. The highest BCUT2D eigenvalue weighted by Crippen LogP contribution is 2.30. The summed E-state index contributed by atoms with van der Waals surface area (Å²) in [7, 11) is 0. The zero-order valence-electron chi connectivity index (χ0n) is 14.1. The Hall–Kier alpha value is -1.91. The van der Waals surface area contributed by atoms with Gasteiger partial charge in [-0.1, -0.05) is 17.7 Å². The van der Waals surface area contributed by atoms with Crippen LogP contribution in [0, 0.1) is 11.7 Å². The molecule has 0 aromatic heterocycles. The number of likely N-dealkylation sites (tertiary alicyclic amines) is 1. The van der Waals surface area contributed by atoms with E-state index in [-0.39, 0.29) is 28.5 Å². The Bertz CT molecular complexity index is 755. The van der Waals surface area contributed by atoms with Gasteiger partial charge in [-0.25, -0.2) is 4.39 Å². The summed E-state index contributed by atoms with van der Waals surface area (Å²) in [6.07, 6.45) is 1.58. The molecule has 25 heavy (non-hydrogen) atoms. The number of carbonyl (C=O) groups excluding carboxylic acids is 1. The van der Waals surface area contributed by atoms with Crippen LogP contribution >= 0.6 is 11.6 Å². The molecule has 2 aromatic carbocycles. The van der Waals surface area contributed by atoms with Crippen molar-refractivity contribution in [1.82, 2.24) is 4.90 Å². The minimum absolute atomic E-state index is 0.00444. The third kappa shape index (κ3) is 4.02. The zero-order valence-corrected chi connectivity index (χ0v) is 14.8. The monoisotopic (exact) mass is 361 g/mol. The first-order valence-electron chi connectivity index (χ1n) is 8.48. The van der Waals surface area contributed by atoms with Gasteiger partial charge in [-0.15, -0.1) is 0 Å². The first-order chi connectivity index (χ1) is 12.0. The second-order valence-electron chi connectivity index (χ2n) is 6.57. The molecule has 1 fully saturated rings. The van der Waals surface area contributed by atoms with Crippen LogP contribution in [0.1, 0.15) is 41.7 Å². The highest BCUT2D eigenvalue weighted by molar-refractivity contribution is 6.30. The number of phenolic OH excluding ortho intramolecular Hbond substituents is 1. The predicted molar refractivity (Wildman–Crippen MR) is 96.6 cm³/mol. The Morgan fingerprint density at radius 3 is 2.44 bits per heavy atom. The Kier molecular flexibility index (Phi) is 5.40. The summed E-state index contributed by atoms with van der Waals surface area (Å²) in [5, 5.41) is 9.48. The minimum Gasteiger partial charge on any atom is -0.508 e. The van der Waals surface area contributed by atoms with Crippen LogP contribution in [-0.4, -0.2) is 28.9 Å². The molecular weight excluding hydrogens is 341 g/mol. The summed E-state index contributed by atoms with van der Waals surface area (Å²) < 4.78 is 13.3. The van der Waals surface area contributed by atoms with Gasteiger partial charge in [-0.3, -0.25) is 9.69 Å². The lowest BCUT2D eigenvalue weighted by atomic mass is 9.88. The second kappa shape index (κ2) is 7.54. The third-order valence-electron chi connectivity index (χ3n) is 5.03. The fraction of sp³-hybridized carbons (Fsp3) is 0.350. The Labute approximate surface area is 152 Å². The van der Waals surface area contributed by atoms with Gasteiger partial charge in [-0.05, 0) is 74.8 Å². The van der Waals surface area contributed by atoms with E-state index in [2.05, 4.69) is 11.8 Å². The van der Waals surface area contributed by atoms with Gasteiger partial charge in [0.2, 0.25) is 0 Å². The van der Waals surface area contributed by atoms with Gasteiger partial charge in [0.1, 0.15) is 11.6 Å². The molecule has 1 aliphatic heterocycles. The van der Waals surface area contributed by atoms with Crippen LogP contribution in [0.15, 0.2) is 42.5 Å². The first-order valence-corrected chi connectivity index (χ1v) is 8.85. The molecule has 1 unspecified atom stereocenters. The molecule has 1 saturated heterocycles. The number of halogens is 2. The summed E-state index contributed by atoms with van der Waals surface area (Å²) in [6.45, 7) is 3.70. The quantitative estimate of drug-likeness (QED) is 0.792. The average molecular weight is 362 g/mol. The normalized spacial score (nSPS) is 17.4. The summed E-state index contributed by atoms with van der Waals surface area (Å²) in [5.41, 5.74) is 1.63. The topological polar surface area (TPSA) is 40.5 Å². The highest BCUT2D eigenvalue weighted by Gasteiger charge is 2.28. The Morgan fingerprint density at radius 1 is 1.20 bits per heavy atom. The molecule has 0 bridgehead atoms. The third-order valence-corrected chi connectivity index (χ3v) is 5.32. The maximum atomic E-state index is 13.3. The van der Waals surface area contributed by atoms with Gasteiger partial charge >= 0.3 is 0 Å². The van der Waals surface area contributed by atoms with Crippen molar-refractivity contribution >= 4 is 17.4 Å². The lowest BCUT2D eigenvalue weighted by molar-refractivity contribution is 0.0801. The van der Waals surface area contributed by atoms with E-state index in [0.717, 1.165) is 31.5 Å². The van der Waals surface area contributed by atoms with Crippen molar-refractivity contribution in [2.24, 2.45) is 5.92 Å². The van der Waals surface area contributed by atoms with E-state index in [1.807, 2.05) is 0 Å². The summed E-state index contributed by atoms with van der Waals surface area (Å²) >= 11 is 5.88. The van der Waals surface area contributed by atoms with Crippen LogP contribution in [0.4, 0.5) is 4.39 Å². The Morgan fingerprint density at radius 2 is 1.84 bits per heavy atom. The number of hydrogen-bond donors (Lipinski definition) is 1. The van der Waals surface area contributed by atoms with Crippen molar-refractivity contribution in [2.45, 2.75) is 25.8 Å². The number of nitrogens with zero attached hydrogens (tertiary/aromatic N) is 1. The Balaban J connectivity index is 1.62. The van der Waals surface area contributed by atoms with Crippen LogP contribution in [0.2, 0.25) is 5.02 Å². The molecule has 1 heterocycles. The molecule has 0 aliphatic carbocycles. The van der Waals surface area contributed by atoms with Gasteiger partial charge in [-0.2, -0.15) is 0 Å². The smallest absolute Gasteiger partial charge is 0.166 e. The number of rotatable bonds is 4. The predicted octanol–water partition coefficient (Wildman–Crippen LogP) is 4.84. The molecule has 0 amide bonds. The standard InChI is InChI=1S/C20H21ClFNO2/c1-13(16-4-7-19(22)18(21)12-16)23-10-8-15(9-11-23)20(25)14-2-5-17(24)6-3-14/h2-7,12-13,15,24H,8-11H2,1H3. The van der Waals surface area contributed by atoms with Gasteiger partial charge in [0.15, 0.2) is 5.78 Å². The minimum atomic E-state index is -0.407. The number of ketones is 1. The maximum absolute atomic E-state index is 13.3. The van der Waals surface area contributed by atoms with Crippen molar-refractivity contribution in [3.8, 4) is 5.75 Å². The number of Topliss-reactive ketones (excluding diaryl/α,β-unsaturated/α-hetero) is 1. The lowest BCUT2D eigenvalue weighted by Gasteiger charge is -2.35. The van der Waals surface area contributed by atoms with E-state index in [1.165, 1.54) is 6.07 Å². The first kappa shape index (κ1) is 17.9. The van der Waals surface area contributed by atoms with E-state index >= 15 is 0 Å². The number of piperidine rings is 1. The number of carbonyl (C=O) groups is 1. The van der Waals surface area contributed by atoms with Crippen LogP contribution in [0.5, 0.6) is 5.75 Å². The van der Waals surface area contributed by atoms with Crippen LogP contribution in [-0.2, 0) is 0 Å². The lowest BCUT2D eigenvalue weighted by Crippen LogP contribution is -2.38. The molecular formula is C20H21ClFNO2. The van der Waals surface area contributed by atoms with Crippen molar-refractivity contribution < 1.29 is 14.3 Å². The molecule has 132 valence electrons. The van der Waals surface area contributed by atoms with Crippen LogP contribution in [0.25, 0.3) is 0 Å². The van der Waals surface area contributed by atoms with Gasteiger partial charge in [0, 0.05) is 17.5 Å². The van der Waals surface area contributed by atoms with Gasteiger partial charge < -0.3 is 5.11 Å².